The van der Waals surface area contributed by atoms with E-state index in [1.807, 2.05) is 0 Å². The van der Waals surface area contributed by atoms with E-state index in [9.17, 15) is 13.2 Å². The molecule has 1 saturated heterocycles. The van der Waals surface area contributed by atoms with E-state index in [4.69, 9.17) is 10.2 Å². The normalized spacial score (nSPS) is 24.5. The van der Waals surface area contributed by atoms with Crippen LogP contribution in [0.25, 0.3) is 0 Å². The van der Waals surface area contributed by atoms with Gasteiger partial charge in [-0.1, -0.05) is 0 Å². The van der Waals surface area contributed by atoms with Crippen molar-refractivity contribution in [3.8, 4) is 0 Å². The maximum Gasteiger partial charge on any atom is 0.322 e. The van der Waals surface area contributed by atoms with Crippen molar-refractivity contribution in [2.45, 2.75) is 38.3 Å². The summed E-state index contributed by atoms with van der Waals surface area (Å²) in [7, 11) is -3.85. The molecule has 8 heteroatoms. The molecule has 1 rings (SSSR count). The van der Waals surface area contributed by atoms with Gasteiger partial charge in [0.2, 0.25) is 0 Å². The second kappa shape index (κ2) is 5.76. The number of hydrogen-bond acceptors (Lipinski definition) is 4. The van der Waals surface area contributed by atoms with Crippen LogP contribution < -0.4 is 4.72 Å². The second-order valence-electron chi connectivity index (χ2n) is 4.17. The first-order chi connectivity index (χ1) is 7.88. The molecular weight excluding hydrogens is 248 g/mol. The van der Waals surface area contributed by atoms with Gasteiger partial charge in [0.05, 0.1) is 6.61 Å². The van der Waals surface area contributed by atoms with Crippen LogP contribution in [0.4, 0.5) is 0 Å². The number of aliphatic carboxylic acids is 1. The van der Waals surface area contributed by atoms with Crippen LogP contribution in [0.15, 0.2) is 0 Å². The highest BCUT2D eigenvalue weighted by atomic mass is 32.2. The van der Waals surface area contributed by atoms with E-state index in [0.717, 1.165) is 4.31 Å². The third-order valence-corrected chi connectivity index (χ3v) is 4.43. The van der Waals surface area contributed by atoms with Crippen LogP contribution in [0.1, 0.15) is 26.2 Å². The fraction of sp³-hybridized carbons (Fsp3) is 0.889. The van der Waals surface area contributed by atoms with Gasteiger partial charge in [-0.15, -0.1) is 0 Å². The molecule has 7 nitrogen and oxygen atoms in total. The van der Waals surface area contributed by atoms with Gasteiger partial charge in [-0.3, -0.25) is 4.79 Å². The number of carboxylic acid groups (broad SMARTS) is 1. The number of piperidine rings is 1. The molecule has 1 heterocycles. The van der Waals surface area contributed by atoms with Crippen LogP contribution in [0.5, 0.6) is 0 Å². The molecule has 1 unspecified atom stereocenters. The zero-order valence-electron chi connectivity index (χ0n) is 9.66. The van der Waals surface area contributed by atoms with E-state index in [1.54, 1.807) is 0 Å². The number of aliphatic hydroxyl groups excluding tert-OH is 1. The molecule has 0 amide bonds. The zero-order chi connectivity index (χ0) is 13.1. The Morgan fingerprint density at radius 2 is 2.18 bits per heavy atom. The lowest BCUT2D eigenvalue weighted by Crippen LogP contribution is -2.54. The molecule has 1 aliphatic rings. The lowest BCUT2D eigenvalue weighted by atomic mass is 10.1. The van der Waals surface area contributed by atoms with Crippen molar-refractivity contribution in [2.24, 2.45) is 0 Å². The van der Waals surface area contributed by atoms with Gasteiger partial charge in [0.15, 0.2) is 0 Å². The van der Waals surface area contributed by atoms with Gasteiger partial charge in [0, 0.05) is 12.6 Å². The van der Waals surface area contributed by atoms with Gasteiger partial charge in [-0.2, -0.15) is 17.4 Å². The summed E-state index contributed by atoms with van der Waals surface area (Å²) in [4.78, 5) is 11.0. The quantitative estimate of drug-likeness (QED) is 0.600. The molecule has 0 aromatic carbocycles. The van der Waals surface area contributed by atoms with Crippen molar-refractivity contribution in [1.82, 2.24) is 9.03 Å². The molecule has 0 bridgehead atoms. The van der Waals surface area contributed by atoms with Gasteiger partial charge in [-0.25, -0.2) is 0 Å². The number of nitrogens with one attached hydrogen (secondary N) is 1. The summed E-state index contributed by atoms with van der Waals surface area (Å²) in [6, 6.07) is -1.64. The highest BCUT2D eigenvalue weighted by Crippen LogP contribution is 2.20. The van der Waals surface area contributed by atoms with Crippen molar-refractivity contribution in [2.75, 3.05) is 13.2 Å². The largest absolute Gasteiger partial charge is 0.480 e. The molecule has 0 aliphatic carbocycles. The lowest BCUT2D eigenvalue weighted by Gasteiger charge is -2.32. The van der Waals surface area contributed by atoms with E-state index in [-0.39, 0.29) is 13.2 Å². The van der Waals surface area contributed by atoms with E-state index < -0.39 is 28.3 Å². The molecular formula is C9H18N2O5S. The van der Waals surface area contributed by atoms with E-state index in [1.165, 1.54) is 6.92 Å². The highest BCUT2D eigenvalue weighted by molar-refractivity contribution is 7.87. The molecule has 0 aromatic heterocycles. The van der Waals surface area contributed by atoms with Crippen molar-refractivity contribution in [3.05, 3.63) is 0 Å². The smallest absolute Gasteiger partial charge is 0.322 e. The second-order valence-corrected chi connectivity index (χ2v) is 5.82. The van der Waals surface area contributed by atoms with Crippen LogP contribution in [-0.2, 0) is 15.0 Å². The van der Waals surface area contributed by atoms with Crippen molar-refractivity contribution in [3.63, 3.8) is 0 Å². The number of rotatable bonds is 5. The predicted molar refractivity (Wildman–Crippen MR) is 60.6 cm³/mol. The molecule has 0 saturated carbocycles. The maximum atomic E-state index is 11.9. The fourth-order valence-corrected chi connectivity index (χ4v) is 3.42. The summed E-state index contributed by atoms with van der Waals surface area (Å²) in [5.41, 5.74) is 0. The van der Waals surface area contributed by atoms with E-state index >= 15 is 0 Å². The molecule has 0 radical (unpaired) electrons. The molecule has 2 atom stereocenters. The topological polar surface area (TPSA) is 107 Å². The summed E-state index contributed by atoms with van der Waals surface area (Å²) in [5, 5.41) is 17.8. The summed E-state index contributed by atoms with van der Waals surface area (Å²) in [5.74, 6) is -1.13. The van der Waals surface area contributed by atoms with Crippen molar-refractivity contribution >= 4 is 16.2 Å². The first kappa shape index (κ1) is 14.4. The maximum absolute atomic E-state index is 11.9. The van der Waals surface area contributed by atoms with Crippen molar-refractivity contribution < 1.29 is 23.4 Å². The minimum absolute atomic E-state index is 0.199. The summed E-state index contributed by atoms with van der Waals surface area (Å²) in [6.07, 6.45) is 1.68. The molecule has 0 spiro atoms. The molecule has 0 aromatic rings. The minimum Gasteiger partial charge on any atom is -0.480 e. The Kier molecular flexibility index (Phi) is 4.87. The van der Waals surface area contributed by atoms with Crippen LogP contribution in [0.2, 0.25) is 0 Å². The Labute approximate surface area is 101 Å². The number of nitrogens with zero attached hydrogens (tertiary/aromatic N) is 1. The SMILES string of the molecule is C[C@@H](CO)NS(=O)(=O)N1CCCCC1C(=O)O. The minimum atomic E-state index is -3.85. The molecule has 1 aliphatic heterocycles. The molecule has 3 N–H and O–H groups in total. The Bertz CT molecular complexity index is 370. The zero-order valence-corrected chi connectivity index (χ0v) is 10.5. The predicted octanol–water partition coefficient (Wildman–Crippen LogP) is -0.859. The Morgan fingerprint density at radius 1 is 1.53 bits per heavy atom. The van der Waals surface area contributed by atoms with Crippen LogP contribution in [-0.4, -0.2) is 54.1 Å². The number of carbonyl (C=O) groups is 1. The molecule has 100 valence electrons. The first-order valence-electron chi connectivity index (χ1n) is 5.51. The Morgan fingerprint density at radius 3 is 2.71 bits per heavy atom. The Balaban J connectivity index is 2.83. The van der Waals surface area contributed by atoms with Crippen LogP contribution in [0, 0.1) is 0 Å². The number of carboxylic acids is 1. The standard InChI is InChI=1S/C9H18N2O5S/c1-7(6-12)10-17(15,16)11-5-3-2-4-8(11)9(13)14/h7-8,10,12H,2-6H2,1H3,(H,13,14)/t7-,8?/m0/s1. The van der Waals surface area contributed by atoms with Gasteiger partial charge in [0.1, 0.15) is 6.04 Å². The average molecular weight is 266 g/mol. The fourth-order valence-electron chi connectivity index (χ4n) is 1.80. The summed E-state index contributed by atoms with van der Waals surface area (Å²) < 4.78 is 27.0. The first-order valence-corrected chi connectivity index (χ1v) is 6.95. The van der Waals surface area contributed by atoms with E-state index in [2.05, 4.69) is 4.72 Å². The van der Waals surface area contributed by atoms with E-state index in [0.29, 0.717) is 19.3 Å². The van der Waals surface area contributed by atoms with Crippen LogP contribution >= 0.6 is 0 Å². The monoisotopic (exact) mass is 266 g/mol. The lowest BCUT2D eigenvalue weighted by molar-refractivity contribution is -0.142. The summed E-state index contributed by atoms with van der Waals surface area (Å²) >= 11 is 0. The van der Waals surface area contributed by atoms with Gasteiger partial charge in [-0.05, 0) is 26.2 Å². The third kappa shape index (κ3) is 3.63. The number of aliphatic hydroxyl groups is 1. The number of hydrogen-bond donors (Lipinski definition) is 3. The highest BCUT2D eigenvalue weighted by Gasteiger charge is 2.37. The molecule has 1 fully saturated rings. The van der Waals surface area contributed by atoms with Gasteiger partial charge in [0.25, 0.3) is 10.2 Å². The summed E-state index contributed by atoms with van der Waals surface area (Å²) in [6.45, 7) is 1.38. The van der Waals surface area contributed by atoms with Gasteiger partial charge >= 0.3 is 5.97 Å². The van der Waals surface area contributed by atoms with Gasteiger partial charge < -0.3 is 10.2 Å². The van der Waals surface area contributed by atoms with Crippen molar-refractivity contribution in [1.29, 1.82) is 0 Å². The Hall–Kier alpha value is -0.700. The van der Waals surface area contributed by atoms with Crippen LogP contribution in [0.3, 0.4) is 0 Å². The average Bonchev–Trinajstić information content (AvgIpc) is 2.28. The molecule has 17 heavy (non-hydrogen) atoms. The third-order valence-electron chi connectivity index (χ3n) is 2.67.